The molecule has 1 aromatic heterocycles. The molecule has 180 valence electrons. The first-order chi connectivity index (χ1) is 16.9. The smallest absolute Gasteiger partial charge is 0.336 e. The van der Waals surface area contributed by atoms with Crippen molar-refractivity contribution in [3.8, 4) is 11.1 Å². The maximum absolute atomic E-state index is 12.3. The lowest BCUT2D eigenvalue weighted by Crippen LogP contribution is -2.25. The monoisotopic (exact) mass is 469 g/mol. The van der Waals surface area contributed by atoms with Crippen LogP contribution in [0.1, 0.15) is 54.9 Å². The number of aryl methyl sites for hydroxylation is 1. The predicted molar refractivity (Wildman–Crippen MR) is 140 cm³/mol. The average Bonchev–Trinajstić information content (AvgIpc) is 3.23. The van der Waals surface area contributed by atoms with Crippen LogP contribution in [0.4, 0.5) is 5.69 Å². The number of hydrogen-bond acceptors (Lipinski definition) is 3. The van der Waals surface area contributed by atoms with Gasteiger partial charge in [-0.15, -0.1) is 0 Å². The van der Waals surface area contributed by atoms with Gasteiger partial charge in [0.25, 0.3) is 0 Å². The van der Waals surface area contributed by atoms with Crippen LogP contribution in [0.25, 0.3) is 22.2 Å². The Morgan fingerprint density at radius 2 is 1.74 bits per heavy atom. The first kappa shape index (κ1) is 24.2. The molecule has 0 aliphatic carbocycles. The van der Waals surface area contributed by atoms with Gasteiger partial charge in [0.05, 0.1) is 16.6 Å². The molecule has 6 heteroatoms. The highest BCUT2D eigenvalue weighted by atomic mass is 16.4. The summed E-state index contributed by atoms with van der Waals surface area (Å²) >= 11 is 0. The molecule has 0 fully saturated rings. The van der Waals surface area contributed by atoms with Crippen molar-refractivity contribution in [2.45, 2.75) is 46.1 Å². The highest BCUT2D eigenvalue weighted by Gasteiger charge is 2.16. The van der Waals surface area contributed by atoms with Gasteiger partial charge in [0.1, 0.15) is 5.82 Å². The molecule has 3 aromatic carbocycles. The number of imidazole rings is 1. The molecule has 0 aliphatic rings. The van der Waals surface area contributed by atoms with Crippen molar-refractivity contribution in [3.63, 3.8) is 0 Å². The average molecular weight is 470 g/mol. The molecular formula is C29H31N3O3. The number of nitrogens with zero attached hydrogens (tertiary/aromatic N) is 3. The largest absolute Gasteiger partial charge is 0.478 e. The van der Waals surface area contributed by atoms with Crippen LogP contribution < -0.4 is 4.90 Å². The van der Waals surface area contributed by atoms with E-state index in [0.29, 0.717) is 24.1 Å². The second-order valence-corrected chi connectivity index (χ2v) is 8.74. The Labute approximate surface area is 205 Å². The summed E-state index contributed by atoms with van der Waals surface area (Å²) in [4.78, 5) is 30.5. The number of amides is 1. The molecule has 6 nitrogen and oxygen atoms in total. The van der Waals surface area contributed by atoms with Gasteiger partial charge in [0, 0.05) is 32.1 Å². The number of carbonyl (C=O) groups is 2. The minimum atomic E-state index is -0.933. The van der Waals surface area contributed by atoms with Crippen molar-refractivity contribution >= 4 is 28.6 Å². The van der Waals surface area contributed by atoms with Crippen molar-refractivity contribution in [2.24, 2.45) is 0 Å². The molecule has 0 unspecified atom stereocenters. The molecule has 0 spiro atoms. The Kier molecular flexibility index (Phi) is 7.30. The molecule has 1 amide bonds. The molecule has 1 heterocycles. The highest BCUT2D eigenvalue weighted by molar-refractivity contribution is 5.96. The van der Waals surface area contributed by atoms with Crippen molar-refractivity contribution in [1.82, 2.24) is 9.55 Å². The third-order valence-corrected chi connectivity index (χ3v) is 6.39. The zero-order chi connectivity index (χ0) is 24.9. The molecule has 0 atom stereocenters. The second kappa shape index (κ2) is 10.6. The summed E-state index contributed by atoms with van der Waals surface area (Å²) in [7, 11) is 1.80. The number of rotatable bonds is 9. The van der Waals surface area contributed by atoms with Gasteiger partial charge in [-0.2, -0.15) is 0 Å². The summed E-state index contributed by atoms with van der Waals surface area (Å²) in [6, 6.07) is 21.1. The van der Waals surface area contributed by atoms with Gasteiger partial charge in [-0.3, -0.25) is 4.79 Å². The van der Waals surface area contributed by atoms with E-state index in [1.54, 1.807) is 24.1 Å². The maximum atomic E-state index is 12.3. The minimum Gasteiger partial charge on any atom is -0.478 e. The molecule has 1 N–H and O–H groups in total. The Hall–Kier alpha value is -3.93. The summed E-state index contributed by atoms with van der Waals surface area (Å²) in [6.45, 7) is 4.68. The third-order valence-electron chi connectivity index (χ3n) is 6.39. The maximum Gasteiger partial charge on any atom is 0.336 e. The SMILES string of the molecule is CCCCc1nc2ccc(N(C)C(=O)CC)cc2n1Cc1ccc(-c2ccccc2C(=O)O)cc1. The Morgan fingerprint density at radius 1 is 1.00 bits per heavy atom. The number of hydrogen-bond donors (Lipinski definition) is 1. The normalized spacial score (nSPS) is 11.1. The summed E-state index contributed by atoms with van der Waals surface area (Å²) < 4.78 is 2.24. The van der Waals surface area contributed by atoms with Gasteiger partial charge in [-0.05, 0) is 47.4 Å². The van der Waals surface area contributed by atoms with Crippen LogP contribution in [0, 0.1) is 0 Å². The molecule has 0 bridgehead atoms. The first-order valence-corrected chi connectivity index (χ1v) is 12.1. The number of carboxylic acids is 1. The van der Waals surface area contributed by atoms with Crippen molar-refractivity contribution in [1.29, 1.82) is 0 Å². The van der Waals surface area contributed by atoms with E-state index >= 15 is 0 Å². The van der Waals surface area contributed by atoms with Gasteiger partial charge in [0.2, 0.25) is 5.91 Å². The van der Waals surface area contributed by atoms with E-state index in [2.05, 4.69) is 11.5 Å². The molecular weight excluding hydrogens is 438 g/mol. The van der Waals surface area contributed by atoms with Gasteiger partial charge >= 0.3 is 5.97 Å². The molecule has 0 aliphatic heterocycles. The zero-order valence-electron chi connectivity index (χ0n) is 20.5. The molecule has 4 aromatic rings. The number of anilines is 1. The number of aromatic carboxylic acids is 1. The van der Waals surface area contributed by atoms with E-state index in [1.165, 1.54) is 0 Å². The fourth-order valence-electron chi connectivity index (χ4n) is 4.35. The lowest BCUT2D eigenvalue weighted by atomic mass is 9.99. The van der Waals surface area contributed by atoms with Crippen LogP contribution in [0.15, 0.2) is 66.7 Å². The van der Waals surface area contributed by atoms with Gasteiger partial charge < -0.3 is 14.6 Å². The summed E-state index contributed by atoms with van der Waals surface area (Å²) in [6.07, 6.45) is 3.47. The van der Waals surface area contributed by atoms with Gasteiger partial charge in [-0.25, -0.2) is 9.78 Å². The van der Waals surface area contributed by atoms with E-state index in [0.717, 1.165) is 52.9 Å². The van der Waals surface area contributed by atoms with E-state index in [-0.39, 0.29) is 5.91 Å². The van der Waals surface area contributed by atoms with Crippen LogP contribution in [0.5, 0.6) is 0 Å². The van der Waals surface area contributed by atoms with Crippen LogP contribution in [0.2, 0.25) is 0 Å². The van der Waals surface area contributed by atoms with E-state index in [9.17, 15) is 14.7 Å². The number of carboxylic acid groups (broad SMARTS) is 1. The van der Waals surface area contributed by atoms with Crippen LogP contribution in [0.3, 0.4) is 0 Å². The molecule has 0 saturated heterocycles. The highest BCUT2D eigenvalue weighted by Crippen LogP contribution is 2.27. The lowest BCUT2D eigenvalue weighted by molar-refractivity contribution is -0.118. The quantitative estimate of drug-likeness (QED) is 0.318. The number of aromatic nitrogens is 2. The third kappa shape index (κ3) is 5.11. The predicted octanol–water partition coefficient (Wildman–Crippen LogP) is 6.17. The number of carbonyl (C=O) groups excluding carboxylic acids is 1. The second-order valence-electron chi connectivity index (χ2n) is 8.74. The number of fused-ring (bicyclic) bond motifs is 1. The molecule has 0 saturated carbocycles. The van der Waals surface area contributed by atoms with Gasteiger partial charge in [0.15, 0.2) is 0 Å². The fourth-order valence-corrected chi connectivity index (χ4v) is 4.35. The van der Waals surface area contributed by atoms with E-state index < -0.39 is 5.97 Å². The molecule has 0 radical (unpaired) electrons. The standard InChI is InChI=1S/C29H31N3O3/c1-4-6-11-27-30-25-17-16-22(31(3)28(33)5-2)18-26(25)32(27)19-20-12-14-21(15-13-20)23-9-7-8-10-24(23)29(34)35/h7-10,12-18H,4-6,11,19H2,1-3H3,(H,34,35). The zero-order valence-corrected chi connectivity index (χ0v) is 20.5. The van der Waals surface area contributed by atoms with Crippen molar-refractivity contribution in [2.75, 3.05) is 11.9 Å². The molecule has 35 heavy (non-hydrogen) atoms. The van der Waals surface area contributed by atoms with Crippen LogP contribution in [-0.4, -0.2) is 33.6 Å². The van der Waals surface area contributed by atoms with Crippen LogP contribution >= 0.6 is 0 Å². The van der Waals surface area contributed by atoms with Crippen molar-refractivity contribution in [3.05, 3.63) is 83.7 Å². The van der Waals surface area contributed by atoms with Crippen LogP contribution in [-0.2, 0) is 17.8 Å². The van der Waals surface area contributed by atoms with E-state index in [1.807, 2.05) is 61.5 Å². The molecule has 4 rings (SSSR count). The fraction of sp³-hybridized carbons (Fsp3) is 0.276. The Morgan fingerprint density at radius 3 is 2.43 bits per heavy atom. The number of unbranched alkanes of at least 4 members (excludes halogenated alkanes) is 1. The lowest BCUT2D eigenvalue weighted by Gasteiger charge is -2.17. The van der Waals surface area contributed by atoms with E-state index in [4.69, 9.17) is 4.98 Å². The Balaban J connectivity index is 1.70. The summed E-state index contributed by atoms with van der Waals surface area (Å²) in [5.41, 5.74) is 5.75. The van der Waals surface area contributed by atoms with Crippen molar-refractivity contribution < 1.29 is 14.7 Å². The minimum absolute atomic E-state index is 0.0684. The first-order valence-electron chi connectivity index (χ1n) is 12.1. The summed E-state index contributed by atoms with van der Waals surface area (Å²) in [5.74, 6) is 0.167. The number of benzene rings is 3. The van der Waals surface area contributed by atoms with Gasteiger partial charge in [-0.1, -0.05) is 62.7 Å². The summed E-state index contributed by atoms with van der Waals surface area (Å²) in [5, 5.41) is 9.53. The Bertz CT molecular complexity index is 1360. The topological polar surface area (TPSA) is 75.4 Å².